The van der Waals surface area contributed by atoms with E-state index in [4.69, 9.17) is 10.5 Å². The monoisotopic (exact) mass is 346 g/mol. The first kappa shape index (κ1) is 16.8. The molecule has 1 aliphatic heterocycles. The maximum atomic E-state index is 13.5. The molecule has 1 atom stereocenters. The second-order valence-corrected chi connectivity index (χ2v) is 5.59. The van der Waals surface area contributed by atoms with Crippen LogP contribution in [-0.2, 0) is 11.2 Å². The number of carbonyl (C=O) groups excluding carboxylic acids is 1. The van der Waals surface area contributed by atoms with Crippen molar-refractivity contribution in [1.29, 1.82) is 0 Å². The molecule has 1 aromatic heterocycles. The molecule has 0 bridgehead atoms. The van der Waals surface area contributed by atoms with Gasteiger partial charge in [0.05, 0.1) is 11.6 Å². The number of rotatable bonds is 5. The molecule has 2 heterocycles. The highest BCUT2D eigenvalue weighted by Crippen LogP contribution is 2.16. The topological polar surface area (TPSA) is 89.6 Å². The van der Waals surface area contributed by atoms with Gasteiger partial charge >= 0.3 is 0 Å². The minimum absolute atomic E-state index is 0.0633. The number of anilines is 1. The number of ether oxygens (including phenoxy) is 1. The lowest BCUT2D eigenvalue weighted by molar-refractivity contribution is 0.102. The SMILES string of the molecule is NC1=N[C@@H](CCc2ccc(NC(=O)c3ccc(F)nc3F)cc2)CO1. The zero-order valence-electron chi connectivity index (χ0n) is 13.2. The number of hydrogen-bond donors (Lipinski definition) is 2. The van der Waals surface area contributed by atoms with E-state index in [0.29, 0.717) is 12.3 Å². The third kappa shape index (κ3) is 4.28. The minimum Gasteiger partial charge on any atom is -0.463 e. The summed E-state index contributed by atoms with van der Waals surface area (Å²) < 4.78 is 31.4. The maximum absolute atomic E-state index is 13.5. The Bertz CT molecular complexity index is 809. The van der Waals surface area contributed by atoms with Crippen molar-refractivity contribution < 1.29 is 18.3 Å². The molecule has 0 spiro atoms. The highest BCUT2D eigenvalue weighted by Gasteiger charge is 2.16. The standard InChI is InChI=1S/C17H16F2N4O2/c18-14-8-7-13(15(19)23-14)16(24)21-11-4-1-10(2-5-11)3-6-12-9-25-17(20)22-12/h1-2,4-5,7-8,12H,3,6,9H2,(H2,20,22)(H,21,24)/t12-/m0/s1. The molecule has 0 fully saturated rings. The maximum Gasteiger partial charge on any atom is 0.282 e. The molecule has 1 aromatic carbocycles. The molecular formula is C17H16F2N4O2. The largest absolute Gasteiger partial charge is 0.463 e. The average Bonchev–Trinajstić information content (AvgIpc) is 2.99. The molecule has 6 nitrogen and oxygen atoms in total. The molecule has 3 N–H and O–H groups in total. The van der Waals surface area contributed by atoms with Crippen LogP contribution in [0.4, 0.5) is 14.5 Å². The van der Waals surface area contributed by atoms with Crippen LogP contribution < -0.4 is 11.1 Å². The number of amides is 1. The van der Waals surface area contributed by atoms with Gasteiger partial charge < -0.3 is 15.8 Å². The van der Waals surface area contributed by atoms with Crippen LogP contribution in [0.25, 0.3) is 0 Å². The molecule has 0 radical (unpaired) electrons. The lowest BCUT2D eigenvalue weighted by Gasteiger charge is -2.08. The molecule has 0 unspecified atom stereocenters. The first-order chi connectivity index (χ1) is 12.0. The van der Waals surface area contributed by atoms with E-state index in [9.17, 15) is 13.6 Å². The molecule has 25 heavy (non-hydrogen) atoms. The van der Waals surface area contributed by atoms with Gasteiger partial charge in [-0.15, -0.1) is 0 Å². The number of nitrogens with two attached hydrogens (primary N) is 1. The van der Waals surface area contributed by atoms with E-state index in [1.807, 2.05) is 12.1 Å². The summed E-state index contributed by atoms with van der Waals surface area (Å²) in [6.45, 7) is 0.497. The molecule has 3 rings (SSSR count). The first-order valence-electron chi connectivity index (χ1n) is 7.69. The van der Waals surface area contributed by atoms with E-state index in [-0.39, 0.29) is 17.6 Å². The highest BCUT2D eigenvalue weighted by atomic mass is 19.1. The fraction of sp³-hybridized carbons (Fsp3) is 0.235. The number of amidine groups is 1. The summed E-state index contributed by atoms with van der Waals surface area (Å²) in [6.07, 6.45) is 1.59. The summed E-state index contributed by atoms with van der Waals surface area (Å²) in [5, 5.41) is 2.55. The van der Waals surface area contributed by atoms with E-state index in [2.05, 4.69) is 15.3 Å². The normalized spacial score (nSPS) is 16.2. The van der Waals surface area contributed by atoms with Gasteiger partial charge in [-0.3, -0.25) is 4.79 Å². The molecule has 1 aliphatic rings. The summed E-state index contributed by atoms with van der Waals surface area (Å²) >= 11 is 0. The van der Waals surface area contributed by atoms with Crippen LogP contribution in [0, 0.1) is 11.9 Å². The summed E-state index contributed by atoms with van der Waals surface area (Å²) in [5.41, 5.74) is 6.71. The lowest BCUT2D eigenvalue weighted by Crippen LogP contribution is -2.15. The Morgan fingerprint density at radius 1 is 1.24 bits per heavy atom. The summed E-state index contributed by atoms with van der Waals surface area (Å²) in [5.74, 6) is -2.81. The van der Waals surface area contributed by atoms with Crippen LogP contribution >= 0.6 is 0 Å². The number of benzene rings is 1. The Labute approximate surface area is 142 Å². The van der Waals surface area contributed by atoms with Gasteiger partial charge in [0.1, 0.15) is 6.61 Å². The second kappa shape index (κ2) is 7.25. The Morgan fingerprint density at radius 3 is 2.64 bits per heavy atom. The van der Waals surface area contributed by atoms with E-state index < -0.39 is 17.8 Å². The van der Waals surface area contributed by atoms with Gasteiger partial charge in [-0.2, -0.15) is 13.8 Å². The van der Waals surface area contributed by atoms with Crippen LogP contribution in [0.1, 0.15) is 22.3 Å². The van der Waals surface area contributed by atoms with E-state index in [1.54, 1.807) is 12.1 Å². The summed E-state index contributed by atoms with van der Waals surface area (Å²) in [7, 11) is 0. The summed E-state index contributed by atoms with van der Waals surface area (Å²) in [4.78, 5) is 19.2. The highest BCUT2D eigenvalue weighted by molar-refractivity contribution is 6.04. The first-order valence-corrected chi connectivity index (χ1v) is 7.69. The molecule has 8 heteroatoms. The Balaban J connectivity index is 1.57. The second-order valence-electron chi connectivity index (χ2n) is 5.59. The van der Waals surface area contributed by atoms with Gasteiger partial charge in [0.2, 0.25) is 11.9 Å². The molecule has 2 aromatic rings. The van der Waals surface area contributed by atoms with Crippen molar-refractivity contribution in [2.75, 3.05) is 11.9 Å². The predicted molar refractivity (Wildman–Crippen MR) is 88.2 cm³/mol. The smallest absolute Gasteiger partial charge is 0.282 e. The number of nitrogens with one attached hydrogen (secondary N) is 1. The molecule has 0 saturated heterocycles. The van der Waals surface area contributed by atoms with E-state index >= 15 is 0 Å². The van der Waals surface area contributed by atoms with Crippen LogP contribution in [0.2, 0.25) is 0 Å². The number of carbonyl (C=O) groups is 1. The molecule has 0 saturated carbocycles. The van der Waals surface area contributed by atoms with Crippen molar-refractivity contribution in [2.45, 2.75) is 18.9 Å². The quantitative estimate of drug-likeness (QED) is 0.813. The van der Waals surface area contributed by atoms with Gasteiger partial charge in [0.15, 0.2) is 0 Å². The predicted octanol–water partition coefficient (Wildman–Crippen LogP) is 2.26. The number of hydrogen-bond acceptors (Lipinski definition) is 5. The van der Waals surface area contributed by atoms with Crippen molar-refractivity contribution in [3.63, 3.8) is 0 Å². The van der Waals surface area contributed by atoms with Crippen molar-refractivity contribution >= 4 is 17.6 Å². The molecule has 130 valence electrons. The van der Waals surface area contributed by atoms with Gasteiger partial charge in [0, 0.05) is 5.69 Å². The van der Waals surface area contributed by atoms with Crippen LogP contribution in [-0.4, -0.2) is 29.6 Å². The van der Waals surface area contributed by atoms with E-state index in [1.165, 1.54) is 0 Å². The zero-order valence-corrected chi connectivity index (χ0v) is 13.2. The third-order valence-electron chi connectivity index (χ3n) is 3.77. The lowest BCUT2D eigenvalue weighted by atomic mass is 10.1. The zero-order chi connectivity index (χ0) is 17.8. The Hall–Kier alpha value is -3.03. The molecular weight excluding hydrogens is 330 g/mol. The fourth-order valence-corrected chi connectivity index (χ4v) is 2.45. The minimum atomic E-state index is -1.15. The van der Waals surface area contributed by atoms with Crippen molar-refractivity contribution in [2.24, 2.45) is 10.7 Å². The van der Waals surface area contributed by atoms with Crippen LogP contribution in [0.3, 0.4) is 0 Å². The average molecular weight is 346 g/mol. The fourth-order valence-electron chi connectivity index (χ4n) is 2.45. The number of aryl methyl sites for hydroxylation is 1. The van der Waals surface area contributed by atoms with Crippen LogP contribution in [0.15, 0.2) is 41.4 Å². The van der Waals surface area contributed by atoms with Crippen molar-refractivity contribution in [1.82, 2.24) is 4.98 Å². The number of aromatic nitrogens is 1. The third-order valence-corrected chi connectivity index (χ3v) is 3.77. The number of halogens is 2. The van der Waals surface area contributed by atoms with Gasteiger partial charge in [-0.25, -0.2) is 4.99 Å². The Kier molecular flexibility index (Phi) is 4.87. The van der Waals surface area contributed by atoms with Crippen molar-refractivity contribution in [3.05, 3.63) is 59.4 Å². The number of aliphatic imine (C=N–C) groups is 1. The van der Waals surface area contributed by atoms with Crippen molar-refractivity contribution in [3.8, 4) is 0 Å². The molecule has 0 aliphatic carbocycles. The van der Waals surface area contributed by atoms with Crippen LogP contribution in [0.5, 0.6) is 0 Å². The Morgan fingerprint density at radius 2 is 2.00 bits per heavy atom. The number of nitrogens with zero attached hydrogens (tertiary/aromatic N) is 2. The summed E-state index contributed by atoms with van der Waals surface area (Å²) in [6, 6.07) is 9.42. The van der Waals surface area contributed by atoms with Gasteiger partial charge in [0.25, 0.3) is 11.9 Å². The number of pyridine rings is 1. The molecule has 1 amide bonds. The van der Waals surface area contributed by atoms with Gasteiger partial charge in [-0.1, -0.05) is 12.1 Å². The van der Waals surface area contributed by atoms with Gasteiger partial charge in [-0.05, 0) is 42.7 Å². The van der Waals surface area contributed by atoms with E-state index in [0.717, 1.165) is 30.5 Å².